The van der Waals surface area contributed by atoms with Gasteiger partial charge in [-0.15, -0.1) is 24.0 Å². The van der Waals surface area contributed by atoms with Gasteiger partial charge in [0, 0.05) is 30.2 Å². The lowest BCUT2D eigenvalue weighted by Gasteiger charge is -2.27. The molecule has 0 radical (unpaired) electrons. The molecule has 0 amide bonds. The predicted molar refractivity (Wildman–Crippen MR) is 104 cm³/mol. The molecule has 2 rings (SSSR count). The highest BCUT2D eigenvalue weighted by Crippen LogP contribution is 2.33. The van der Waals surface area contributed by atoms with E-state index < -0.39 is 6.61 Å². The quantitative estimate of drug-likeness (QED) is 0.391. The molecule has 2 N–H and O–H groups in total. The third-order valence-electron chi connectivity index (χ3n) is 3.31. The number of benzene rings is 1. The fourth-order valence-corrected chi connectivity index (χ4v) is 3.14. The Balaban J connectivity index is 0.00000288. The highest BCUT2D eigenvalue weighted by atomic mass is 127. The number of guanidine groups is 1. The van der Waals surface area contributed by atoms with Crippen LogP contribution < -0.4 is 15.2 Å². The van der Waals surface area contributed by atoms with Crippen LogP contribution in [0.2, 0.25) is 0 Å². The van der Waals surface area contributed by atoms with E-state index in [1.54, 1.807) is 25.1 Å². The molecule has 0 saturated carbocycles. The molecule has 1 saturated heterocycles. The van der Waals surface area contributed by atoms with E-state index in [1.165, 1.54) is 0 Å². The van der Waals surface area contributed by atoms with Crippen LogP contribution in [0.25, 0.3) is 0 Å². The molecule has 9 heteroatoms. The summed E-state index contributed by atoms with van der Waals surface area (Å²) in [6.07, 6.45) is 0. The standard InChI is InChI=1S/C15H21F2N3O2S.HI/c1-2-21-12-5-3-4-11(13(12)22-14(16)17)10-19-15(18)20-6-8-23-9-7-20;/h3-5,14H,2,6-10H2,1H3,(H2,18,19);1H. The average Bonchev–Trinajstić information content (AvgIpc) is 2.55. The first kappa shape index (κ1) is 21.1. The number of thioether (sulfide) groups is 1. The van der Waals surface area contributed by atoms with Gasteiger partial charge in [0.15, 0.2) is 17.5 Å². The fourth-order valence-electron chi connectivity index (χ4n) is 2.24. The van der Waals surface area contributed by atoms with Gasteiger partial charge in [-0.3, -0.25) is 0 Å². The first-order chi connectivity index (χ1) is 11.1. The molecule has 0 bridgehead atoms. The SMILES string of the molecule is CCOc1cccc(CN=C(N)N2CCSCC2)c1OC(F)F.I. The van der Waals surface area contributed by atoms with Crippen molar-refractivity contribution in [1.82, 2.24) is 4.90 Å². The van der Waals surface area contributed by atoms with Crippen molar-refractivity contribution < 1.29 is 18.3 Å². The van der Waals surface area contributed by atoms with Crippen LogP contribution in [0.15, 0.2) is 23.2 Å². The highest BCUT2D eigenvalue weighted by Gasteiger charge is 2.16. The number of aliphatic imine (C=N–C) groups is 1. The van der Waals surface area contributed by atoms with Crippen molar-refractivity contribution >= 4 is 41.7 Å². The molecule has 0 aliphatic carbocycles. The lowest BCUT2D eigenvalue weighted by atomic mass is 10.2. The van der Waals surface area contributed by atoms with E-state index in [9.17, 15) is 8.78 Å². The van der Waals surface area contributed by atoms with E-state index in [0.717, 1.165) is 24.6 Å². The number of halogens is 3. The van der Waals surface area contributed by atoms with Crippen molar-refractivity contribution in [3.05, 3.63) is 23.8 Å². The molecule has 1 aromatic carbocycles. The molecule has 1 heterocycles. The molecule has 1 fully saturated rings. The third-order valence-corrected chi connectivity index (χ3v) is 4.26. The van der Waals surface area contributed by atoms with Crippen molar-refractivity contribution in [3.8, 4) is 11.5 Å². The van der Waals surface area contributed by atoms with Gasteiger partial charge in [-0.2, -0.15) is 20.5 Å². The van der Waals surface area contributed by atoms with E-state index in [0.29, 0.717) is 18.1 Å². The smallest absolute Gasteiger partial charge is 0.387 e. The summed E-state index contributed by atoms with van der Waals surface area (Å²) in [5.41, 5.74) is 6.51. The molecule has 136 valence electrons. The van der Waals surface area contributed by atoms with Crippen molar-refractivity contribution in [2.45, 2.75) is 20.1 Å². The number of para-hydroxylation sites is 1. The second-order valence-corrected chi connectivity index (χ2v) is 6.05. The van der Waals surface area contributed by atoms with Crippen LogP contribution in [0.5, 0.6) is 11.5 Å². The summed E-state index contributed by atoms with van der Waals surface area (Å²) in [5.74, 6) is 2.75. The molecule has 5 nitrogen and oxygen atoms in total. The van der Waals surface area contributed by atoms with E-state index >= 15 is 0 Å². The van der Waals surface area contributed by atoms with Crippen LogP contribution in [0.1, 0.15) is 12.5 Å². The zero-order valence-electron chi connectivity index (χ0n) is 13.4. The fraction of sp³-hybridized carbons (Fsp3) is 0.533. The van der Waals surface area contributed by atoms with E-state index in [2.05, 4.69) is 9.73 Å². The Kier molecular flexibility index (Phi) is 9.49. The Bertz CT molecular complexity index is 543. The van der Waals surface area contributed by atoms with Crippen LogP contribution in [-0.2, 0) is 6.54 Å². The van der Waals surface area contributed by atoms with Gasteiger partial charge in [0.1, 0.15) is 0 Å². The molecule has 1 aliphatic rings. The van der Waals surface area contributed by atoms with Crippen molar-refractivity contribution in [1.29, 1.82) is 0 Å². The number of nitrogens with zero attached hydrogens (tertiary/aromatic N) is 2. The summed E-state index contributed by atoms with van der Waals surface area (Å²) < 4.78 is 35.3. The molecular formula is C15H22F2IN3O2S. The minimum atomic E-state index is -2.92. The monoisotopic (exact) mass is 473 g/mol. The summed E-state index contributed by atoms with van der Waals surface area (Å²) in [6, 6.07) is 5.00. The maximum Gasteiger partial charge on any atom is 0.387 e. The number of nitrogens with two attached hydrogens (primary N) is 1. The summed E-state index contributed by atoms with van der Waals surface area (Å²) in [7, 11) is 0. The Hall–Kier alpha value is -0.970. The number of alkyl halides is 2. The maximum atomic E-state index is 12.7. The topological polar surface area (TPSA) is 60.1 Å². The van der Waals surface area contributed by atoms with Gasteiger partial charge in [-0.25, -0.2) is 4.99 Å². The Morgan fingerprint density at radius 1 is 1.38 bits per heavy atom. The number of hydrogen-bond acceptors (Lipinski definition) is 4. The average molecular weight is 473 g/mol. The summed E-state index contributed by atoms with van der Waals surface area (Å²) in [6.45, 7) is 1.08. The van der Waals surface area contributed by atoms with E-state index in [4.69, 9.17) is 10.5 Å². The normalized spacial score (nSPS) is 15.2. The van der Waals surface area contributed by atoms with Crippen LogP contribution in [0, 0.1) is 0 Å². The largest absolute Gasteiger partial charge is 0.490 e. The van der Waals surface area contributed by atoms with Gasteiger partial charge in [0.2, 0.25) is 0 Å². The molecule has 24 heavy (non-hydrogen) atoms. The molecule has 1 aromatic rings. The molecule has 0 spiro atoms. The van der Waals surface area contributed by atoms with Crippen molar-refractivity contribution in [3.63, 3.8) is 0 Å². The third kappa shape index (κ3) is 6.15. The molecule has 1 aliphatic heterocycles. The van der Waals surface area contributed by atoms with Gasteiger partial charge >= 0.3 is 6.61 Å². The van der Waals surface area contributed by atoms with Gasteiger partial charge < -0.3 is 20.1 Å². The number of hydrogen-bond donors (Lipinski definition) is 1. The zero-order chi connectivity index (χ0) is 16.7. The second-order valence-electron chi connectivity index (χ2n) is 4.83. The van der Waals surface area contributed by atoms with E-state index in [-0.39, 0.29) is 42.0 Å². The Labute approximate surface area is 162 Å². The molecule has 0 aromatic heterocycles. The lowest BCUT2D eigenvalue weighted by molar-refractivity contribution is -0.0520. The zero-order valence-corrected chi connectivity index (χ0v) is 16.6. The molecular weight excluding hydrogens is 451 g/mol. The molecule has 0 unspecified atom stereocenters. The summed E-state index contributed by atoms with van der Waals surface area (Å²) >= 11 is 1.88. The van der Waals surface area contributed by atoms with Crippen molar-refractivity contribution in [2.75, 3.05) is 31.2 Å². The van der Waals surface area contributed by atoms with Crippen LogP contribution in [0.4, 0.5) is 8.78 Å². The minimum Gasteiger partial charge on any atom is -0.490 e. The first-order valence-corrected chi connectivity index (χ1v) is 8.59. The second kappa shape index (κ2) is 10.8. The Morgan fingerprint density at radius 3 is 2.71 bits per heavy atom. The maximum absolute atomic E-state index is 12.7. The lowest BCUT2D eigenvalue weighted by Crippen LogP contribution is -2.42. The Morgan fingerprint density at radius 2 is 2.08 bits per heavy atom. The number of ether oxygens (including phenoxy) is 2. The van der Waals surface area contributed by atoms with Crippen LogP contribution in [-0.4, -0.2) is 48.7 Å². The van der Waals surface area contributed by atoms with Gasteiger partial charge in [0.25, 0.3) is 0 Å². The minimum absolute atomic E-state index is 0. The first-order valence-electron chi connectivity index (χ1n) is 7.44. The molecule has 0 atom stereocenters. The van der Waals surface area contributed by atoms with Gasteiger partial charge in [-0.05, 0) is 13.0 Å². The highest BCUT2D eigenvalue weighted by molar-refractivity contribution is 14.0. The van der Waals surface area contributed by atoms with Crippen LogP contribution in [0.3, 0.4) is 0 Å². The summed E-state index contributed by atoms with van der Waals surface area (Å²) in [5, 5.41) is 0. The van der Waals surface area contributed by atoms with Gasteiger partial charge in [0.05, 0.1) is 13.2 Å². The number of rotatable bonds is 6. The predicted octanol–water partition coefficient (Wildman–Crippen LogP) is 3.17. The summed E-state index contributed by atoms with van der Waals surface area (Å²) in [4.78, 5) is 6.31. The van der Waals surface area contributed by atoms with Crippen molar-refractivity contribution in [2.24, 2.45) is 10.7 Å². The van der Waals surface area contributed by atoms with Gasteiger partial charge in [-0.1, -0.05) is 12.1 Å². The van der Waals surface area contributed by atoms with E-state index in [1.807, 2.05) is 16.7 Å². The van der Waals surface area contributed by atoms with Crippen LogP contribution >= 0.6 is 35.7 Å².